The van der Waals surface area contributed by atoms with Crippen molar-refractivity contribution in [3.63, 3.8) is 0 Å². The van der Waals surface area contributed by atoms with E-state index in [9.17, 15) is 18.0 Å². The molecule has 0 atom stereocenters. The number of alkyl halides is 3. The van der Waals surface area contributed by atoms with E-state index in [1.54, 1.807) is 27.8 Å². The van der Waals surface area contributed by atoms with Crippen molar-refractivity contribution in [1.29, 1.82) is 0 Å². The van der Waals surface area contributed by atoms with E-state index in [1.165, 1.54) is 18.2 Å². The van der Waals surface area contributed by atoms with Crippen LogP contribution in [0, 0.1) is 0 Å². The number of hydrogen-bond donors (Lipinski definition) is 0. The van der Waals surface area contributed by atoms with Crippen LogP contribution < -0.4 is 5.56 Å². The molecule has 5 aromatic rings. The third kappa shape index (κ3) is 4.03. The Bertz CT molecular complexity index is 1490. The molecular weight excluding hydrogens is 429 g/mol. The van der Waals surface area contributed by atoms with E-state index in [1.807, 2.05) is 42.5 Å². The fourth-order valence-electron chi connectivity index (χ4n) is 3.74. The van der Waals surface area contributed by atoms with Gasteiger partial charge in [-0.25, -0.2) is 4.68 Å². The minimum atomic E-state index is -4.41. The summed E-state index contributed by atoms with van der Waals surface area (Å²) in [6.45, 7) is 0.419. The first-order chi connectivity index (χ1) is 15.9. The highest BCUT2D eigenvalue weighted by Crippen LogP contribution is 2.32. The number of aromatic nitrogens is 4. The van der Waals surface area contributed by atoms with Crippen molar-refractivity contribution in [2.24, 2.45) is 0 Å². The molecule has 8 heteroatoms. The van der Waals surface area contributed by atoms with E-state index in [-0.39, 0.29) is 5.56 Å². The Morgan fingerprint density at radius 3 is 2.30 bits per heavy atom. The standard InChI is InChI=1S/C25H17F3N4O/c26-25(27,28)19-5-7-20(8-6-19)32-22-4-2-1-3-21(22)24(30-32)18-11-14-31(23(33)15-18)16-17-9-12-29-13-10-17/h1-15H,16H2. The second-order valence-electron chi connectivity index (χ2n) is 7.56. The van der Waals surface area contributed by atoms with Gasteiger partial charge in [-0.05, 0) is 54.1 Å². The van der Waals surface area contributed by atoms with Crippen molar-refractivity contribution in [1.82, 2.24) is 19.3 Å². The Morgan fingerprint density at radius 2 is 1.61 bits per heavy atom. The lowest BCUT2D eigenvalue weighted by atomic mass is 10.1. The molecule has 0 saturated carbocycles. The highest BCUT2D eigenvalue weighted by atomic mass is 19.4. The van der Waals surface area contributed by atoms with Gasteiger partial charge in [0.1, 0.15) is 5.69 Å². The minimum absolute atomic E-state index is 0.183. The molecule has 0 fully saturated rings. The number of para-hydroxylation sites is 1. The van der Waals surface area contributed by atoms with Crippen LogP contribution in [0.2, 0.25) is 0 Å². The number of fused-ring (bicyclic) bond motifs is 1. The van der Waals surface area contributed by atoms with Crippen LogP contribution in [0.25, 0.3) is 27.8 Å². The van der Waals surface area contributed by atoms with Crippen LogP contribution in [0.4, 0.5) is 13.2 Å². The van der Waals surface area contributed by atoms with Gasteiger partial charge in [0.25, 0.3) is 5.56 Å². The van der Waals surface area contributed by atoms with Gasteiger partial charge in [-0.3, -0.25) is 9.78 Å². The first-order valence-corrected chi connectivity index (χ1v) is 10.2. The Kier molecular flexibility index (Phi) is 5.05. The summed E-state index contributed by atoms with van der Waals surface area (Å²) < 4.78 is 42.0. The van der Waals surface area contributed by atoms with Gasteiger partial charge in [-0.1, -0.05) is 18.2 Å². The van der Waals surface area contributed by atoms with Crippen LogP contribution in [0.15, 0.2) is 96.2 Å². The number of nitrogens with zero attached hydrogens (tertiary/aromatic N) is 4. The Hall–Kier alpha value is -4.20. The highest BCUT2D eigenvalue weighted by molar-refractivity contribution is 5.94. The molecule has 3 heterocycles. The lowest BCUT2D eigenvalue weighted by Gasteiger charge is -2.08. The number of pyridine rings is 2. The Morgan fingerprint density at radius 1 is 0.879 bits per heavy atom. The van der Waals surface area contributed by atoms with Crippen molar-refractivity contribution >= 4 is 10.9 Å². The van der Waals surface area contributed by atoms with Gasteiger partial charge in [0.2, 0.25) is 0 Å². The molecule has 164 valence electrons. The first kappa shape index (κ1) is 20.7. The number of hydrogen-bond acceptors (Lipinski definition) is 3. The zero-order valence-corrected chi connectivity index (χ0v) is 17.2. The van der Waals surface area contributed by atoms with Gasteiger partial charge < -0.3 is 4.57 Å². The molecule has 2 aromatic carbocycles. The van der Waals surface area contributed by atoms with Gasteiger partial charge in [0.15, 0.2) is 0 Å². The summed E-state index contributed by atoms with van der Waals surface area (Å²) in [4.78, 5) is 16.8. The lowest BCUT2D eigenvalue weighted by Crippen LogP contribution is -2.19. The molecule has 5 rings (SSSR count). The molecule has 0 aliphatic rings. The fraction of sp³-hybridized carbons (Fsp3) is 0.0800. The van der Waals surface area contributed by atoms with Crippen LogP contribution >= 0.6 is 0 Å². The predicted molar refractivity (Wildman–Crippen MR) is 119 cm³/mol. The average Bonchev–Trinajstić information content (AvgIpc) is 3.20. The van der Waals surface area contributed by atoms with Crippen molar-refractivity contribution in [3.05, 3.63) is 113 Å². The summed E-state index contributed by atoms with van der Waals surface area (Å²) in [5.74, 6) is 0. The molecule has 3 aromatic heterocycles. The van der Waals surface area contributed by atoms with Crippen LogP contribution in [0.1, 0.15) is 11.1 Å². The Balaban J connectivity index is 1.56. The van der Waals surface area contributed by atoms with Gasteiger partial charge in [0.05, 0.1) is 23.3 Å². The van der Waals surface area contributed by atoms with E-state index in [0.29, 0.717) is 23.5 Å². The van der Waals surface area contributed by atoms with Crippen molar-refractivity contribution in [2.45, 2.75) is 12.7 Å². The van der Waals surface area contributed by atoms with Gasteiger partial charge in [0, 0.05) is 35.6 Å². The molecule has 0 unspecified atom stereocenters. The topological polar surface area (TPSA) is 52.7 Å². The van der Waals surface area contributed by atoms with Crippen LogP contribution in [-0.2, 0) is 12.7 Å². The molecule has 0 bridgehead atoms. The molecule has 33 heavy (non-hydrogen) atoms. The van der Waals surface area contributed by atoms with E-state index >= 15 is 0 Å². The summed E-state index contributed by atoms with van der Waals surface area (Å²) in [6.07, 6.45) is 0.656. The summed E-state index contributed by atoms with van der Waals surface area (Å²) in [7, 11) is 0. The van der Waals surface area contributed by atoms with Crippen molar-refractivity contribution in [3.8, 4) is 16.9 Å². The number of benzene rings is 2. The van der Waals surface area contributed by atoms with Crippen LogP contribution in [0.3, 0.4) is 0 Å². The third-order valence-corrected chi connectivity index (χ3v) is 5.40. The zero-order valence-electron chi connectivity index (χ0n) is 17.2. The molecule has 0 spiro atoms. The van der Waals surface area contributed by atoms with E-state index in [0.717, 1.165) is 28.6 Å². The molecule has 0 aliphatic carbocycles. The second kappa shape index (κ2) is 8.05. The largest absolute Gasteiger partial charge is 0.416 e. The third-order valence-electron chi connectivity index (χ3n) is 5.40. The first-order valence-electron chi connectivity index (χ1n) is 10.2. The second-order valence-corrected chi connectivity index (χ2v) is 7.56. The summed E-state index contributed by atoms with van der Waals surface area (Å²) in [5, 5.41) is 5.45. The Labute approximate surface area is 186 Å². The lowest BCUT2D eigenvalue weighted by molar-refractivity contribution is -0.137. The number of halogens is 3. The molecule has 0 radical (unpaired) electrons. The quantitative estimate of drug-likeness (QED) is 0.376. The molecule has 0 amide bonds. The normalized spacial score (nSPS) is 11.7. The van der Waals surface area contributed by atoms with Gasteiger partial charge >= 0.3 is 6.18 Å². The van der Waals surface area contributed by atoms with Crippen molar-refractivity contribution < 1.29 is 13.2 Å². The maximum atomic E-state index is 13.0. The van der Waals surface area contributed by atoms with E-state index in [4.69, 9.17) is 0 Å². The highest BCUT2D eigenvalue weighted by Gasteiger charge is 2.30. The van der Waals surface area contributed by atoms with Crippen LogP contribution in [0.5, 0.6) is 0 Å². The molecule has 0 N–H and O–H groups in total. The fourth-order valence-corrected chi connectivity index (χ4v) is 3.74. The SMILES string of the molecule is O=c1cc(-c2nn(-c3ccc(C(F)(F)F)cc3)c3ccccc23)ccn1Cc1ccncc1. The average molecular weight is 446 g/mol. The summed E-state index contributed by atoms with van der Waals surface area (Å²) >= 11 is 0. The maximum absolute atomic E-state index is 13.0. The van der Waals surface area contributed by atoms with E-state index in [2.05, 4.69) is 10.1 Å². The zero-order chi connectivity index (χ0) is 23.0. The molecular formula is C25H17F3N4O. The summed E-state index contributed by atoms with van der Waals surface area (Å²) in [6, 6.07) is 19.3. The molecule has 0 saturated heterocycles. The van der Waals surface area contributed by atoms with Gasteiger partial charge in [-0.2, -0.15) is 18.3 Å². The molecule has 5 nitrogen and oxygen atoms in total. The number of rotatable bonds is 4. The summed E-state index contributed by atoms with van der Waals surface area (Å²) in [5.41, 5.74) is 2.49. The minimum Gasteiger partial charge on any atom is -0.311 e. The maximum Gasteiger partial charge on any atom is 0.416 e. The monoisotopic (exact) mass is 446 g/mol. The van der Waals surface area contributed by atoms with Crippen molar-refractivity contribution in [2.75, 3.05) is 0 Å². The van der Waals surface area contributed by atoms with Crippen LogP contribution in [-0.4, -0.2) is 19.3 Å². The molecule has 0 aliphatic heterocycles. The van der Waals surface area contributed by atoms with Gasteiger partial charge in [-0.15, -0.1) is 0 Å². The van der Waals surface area contributed by atoms with E-state index < -0.39 is 11.7 Å². The smallest absolute Gasteiger partial charge is 0.311 e. The predicted octanol–water partition coefficient (Wildman–Crippen LogP) is 5.32.